The number of nitrogens with one attached hydrogen (secondary N) is 1. The van der Waals surface area contributed by atoms with Gasteiger partial charge in [-0.15, -0.1) is 0 Å². The molecule has 0 aromatic rings. The van der Waals surface area contributed by atoms with Gasteiger partial charge in [-0.05, 0) is 95.7 Å². The Hall–Kier alpha value is -2.20. The molecule has 3 amide bonds. The largest absolute Gasteiger partial charge is 0.461 e. The van der Waals surface area contributed by atoms with Crippen LogP contribution in [0, 0.1) is 11.3 Å². The minimum absolute atomic E-state index is 0.00631. The van der Waals surface area contributed by atoms with Crippen molar-refractivity contribution in [1.29, 1.82) is 0 Å². The number of carbonyl (C=O) groups is 4. The molecule has 0 aromatic carbocycles. The summed E-state index contributed by atoms with van der Waals surface area (Å²) >= 11 is 0. The molecule has 3 aliphatic heterocycles. The van der Waals surface area contributed by atoms with Crippen molar-refractivity contribution in [2.75, 3.05) is 40.3 Å². The summed E-state index contributed by atoms with van der Waals surface area (Å²) in [7, 11) is 3.82. The van der Waals surface area contributed by atoms with Crippen molar-refractivity contribution >= 4 is 23.7 Å². The molecule has 5 atom stereocenters. The summed E-state index contributed by atoms with van der Waals surface area (Å²) in [4.78, 5) is 62.4. The molecule has 10 nitrogen and oxygen atoms in total. The predicted octanol–water partition coefficient (Wildman–Crippen LogP) is 3.43. The second-order valence-corrected chi connectivity index (χ2v) is 15.2. The molecular weight excluding hydrogens is 558 g/mol. The van der Waals surface area contributed by atoms with Crippen LogP contribution in [0.5, 0.6) is 0 Å². The molecular formula is C34H59N5O5. The Morgan fingerprint density at radius 1 is 0.841 bits per heavy atom. The van der Waals surface area contributed by atoms with Gasteiger partial charge in [-0.1, -0.05) is 41.0 Å². The van der Waals surface area contributed by atoms with E-state index in [1.807, 2.05) is 39.8 Å². The van der Waals surface area contributed by atoms with Crippen LogP contribution in [0.2, 0.25) is 0 Å². The van der Waals surface area contributed by atoms with Crippen LogP contribution in [0.1, 0.15) is 105 Å². The molecule has 250 valence electrons. The number of nitrogens with zero attached hydrogens (tertiary/aromatic N) is 4. The first kappa shape index (κ1) is 34.7. The molecule has 3 saturated heterocycles. The van der Waals surface area contributed by atoms with Crippen molar-refractivity contribution in [3.8, 4) is 0 Å². The third kappa shape index (κ3) is 8.14. The standard InChI is InChI=1S/C34H59N5O5/c1-23(2)28(37(7)32(42)29(34(3,4)5)35-30(40)25-16-10-11-19-36(25)6)22-38-20-12-17-26(38)31(41)39-21-13-18-27(39)33(43)44-24-14-8-9-15-24/h23-29H,8-22H2,1-7H3,(H,35,40)/t25?,26-,27-,28+,29+/m0/s1. The van der Waals surface area contributed by atoms with Crippen molar-refractivity contribution in [2.24, 2.45) is 11.3 Å². The highest BCUT2D eigenvalue weighted by Gasteiger charge is 2.44. The Bertz CT molecular complexity index is 1020. The molecule has 1 N–H and O–H groups in total. The fourth-order valence-corrected chi connectivity index (χ4v) is 7.72. The van der Waals surface area contributed by atoms with E-state index >= 15 is 0 Å². The molecule has 3 heterocycles. The van der Waals surface area contributed by atoms with Crippen molar-refractivity contribution in [1.82, 2.24) is 24.9 Å². The van der Waals surface area contributed by atoms with E-state index in [9.17, 15) is 19.2 Å². The Kier molecular flexibility index (Phi) is 11.8. The predicted molar refractivity (Wildman–Crippen MR) is 171 cm³/mol. The molecule has 0 spiro atoms. The number of ether oxygens (including phenoxy) is 1. The van der Waals surface area contributed by atoms with Gasteiger partial charge in [0, 0.05) is 26.2 Å². The summed E-state index contributed by atoms with van der Waals surface area (Å²) in [5, 5.41) is 3.14. The summed E-state index contributed by atoms with van der Waals surface area (Å²) in [6, 6.07) is -1.82. The highest BCUT2D eigenvalue weighted by molar-refractivity contribution is 5.91. The second kappa shape index (κ2) is 14.9. The Labute approximate surface area is 265 Å². The first-order chi connectivity index (χ1) is 20.8. The van der Waals surface area contributed by atoms with Crippen LogP contribution in [0.25, 0.3) is 0 Å². The summed E-state index contributed by atoms with van der Waals surface area (Å²) in [6.07, 6.45) is 10.0. The van der Waals surface area contributed by atoms with Gasteiger partial charge in [0.1, 0.15) is 18.2 Å². The lowest BCUT2D eigenvalue weighted by Crippen LogP contribution is -2.61. The molecule has 0 radical (unpaired) electrons. The molecule has 4 fully saturated rings. The minimum Gasteiger partial charge on any atom is -0.461 e. The maximum Gasteiger partial charge on any atom is 0.329 e. The first-order valence-electron chi connectivity index (χ1n) is 17.3. The minimum atomic E-state index is -0.663. The normalized spacial score (nSPS) is 27.0. The van der Waals surface area contributed by atoms with E-state index < -0.39 is 17.5 Å². The van der Waals surface area contributed by atoms with Crippen molar-refractivity contribution in [3.05, 3.63) is 0 Å². The fraction of sp³-hybridized carbons (Fsp3) is 0.882. The third-order valence-electron chi connectivity index (χ3n) is 10.6. The summed E-state index contributed by atoms with van der Waals surface area (Å²) < 4.78 is 5.82. The maximum atomic E-state index is 14.1. The van der Waals surface area contributed by atoms with Crippen LogP contribution in [-0.4, -0.2) is 120 Å². The number of likely N-dealkylation sites (tertiary alicyclic amines) is 3. The molecule has 44 heavy (non-hydrogen) atoms. The Morgan fingerprint density at radius 3 is 2.09 bits per heavy atom. The van der Waals surface area contributed by atoms with Crippen molar-refractivity contribution < 1.29 is 23.9 Å². The molecule has 1 saturated carbocycles. The van der Waals surface area contributed by atoms with E-state index in [-0.39, 0.29) is 53.8 Å². The summed E-state index contributed by atoms with van der Waals surface area (Å²) in [6.45, 7) is 13.0. The van der Waals surface area contributed by atoms with Crippen molar-refractivity contribution in [3.63, 3.8) is 0 Å². The number of rotatable bonds is 10. The monoisotopic (exact) mass is 617 g/mol. The third-order valence-corrected chi connectivity index (χ3v) is 10.6. The van der Waals surface area contributed by atoms with Gasteiger partial charge in [-0.3, -0.25) is 24.2 Å². The molecule has 0 aromatic heterocycles. The van der Waals surface area contributed by atoms with E-state index in [2.05, 4.69) is 29.0 Å². The van der Waals surface area contributed by atoms with Crippen LogP contribution < -0.4 is 5.32 Å². The van der Waals surface area contributed by atoms with Crippen LogP contribution in [0.4, 0.5) is 0 Å². The molecule has 10 heteroatoms. The second-order valence-electron chi connectivity index (χ2n) is 15.2. The van der Waals surface area contributed by atoms with Gasteiger partial charge in [-0.2, -0.15) is 0 Å². The molecule has 4 rings (SSSR count). The lowest BCUT2D eigenvalue weighted by Gasteiger charge is -2.41. The quantitative estimate of drug-likeness (QED) is 0.375. The zero-order valence-corrected chi connectivity index (χ0v) is 28.5. The average Bonchev–Trinajstić information content (AvgIpc) is 3.75. The average molecular weight is 618 g/mol. The highest BCUT2D eigenvalue weighted by atomic mass is 16.5. The number of piperidine rings is 1. The van der Waals surface area contributed by atoms with Gasteiger partial charge >= 0.3 is 5.97 Å². The smallest absolute Gasteiger partial charge is 0.329 e. The van der Waals surface area contributed by atoms with Crippen LogP contribution in [0.15, 0.2) is 0 Å². The number of carbonyl (C=O) groups excluding carboxylic acids is 4. The first-order valence-corrected chi connectivity index (χ1v) is 17.3. The van der Waals surface area contributed by atoms with Crippen LogP contribution >= 0.6 is 0 Å². The zero-order valence-electron chi connectivity index (χ0n) is 28.5. The fourth-order valence-electron chi connectivity index (χ4n) is 7.72. The van der Waals surface area contributed by atoms with E-state index in [0.29, 0.717) is 19.5 Å². The SMILES string of the molecule is CC(C)[C@@H](CN1CCC[C@H]1C(=O)N1CCC[C@H]1C(=O)OC1CCCC1)N(C)C(=O)[C@@H](NC(=O)C1CCCCN1C)C(C)(C)C. The number of amides is 3. The highest BCUT2D eigenvalue weighted by Crippen LogP contribution is 2.30. The summed E-state index contributed by atoms with van der Waals surface area (Å²) in [5.41, 5.74) is -0.472. The van der Waals surface area contributed by atoms with Crippen molar-refractivity contribution in [2.45, 2.75) is 142 Å². The van der Waals surface area contributed by atoms with E-state index in [4.69, 9.17) is 4.74 Å². The number of esters is 1. The van der Waals surface area contributed by atoms with Crippen LogP contribution in [-0.2, 0) is 23.9 Å². The van der Waals surface area contributed by atoms with Gasteiger partial charge in [0.15, 0.2) is 0 Å². The lowest BCUT2D eigenvalue weighted by molar-refractivity contribution is -0.159. The van der Waals surface area contributed by atoms with Crippen LogP contribution in [0.3, 0.4) is 0 Å². The number of hydrogen-bond acceptors (Lipinski definition) is 7. The van der Waals surface area contributed by atoms with Gasteiger partial charge < -0.3 is 19.9 Å². The van der Waals surface area contributed by atoms with E-state index in [0.717, 1.165) is 77.3 Å². The van der Waals surface area contributed by atoms with E-state index in [1.54, 1.807) is 4.90 Å². The Balaban J connectivity index is 1.43. The molecule has 0 bridgehead atoms. The molecule has 1 aliphatic carbocycles. The number of hydrogen-bond donors (Lipinski definition) is 1. The van der Waals surface area contributed by atoms with Gasteiger partial charge in [-0.25, -0.2) is 4.79 Å². The summed E-state index contributed by atoms with van der Waals surface area (Å²) in [5.74, 6) is -0.262. The Morgan fingerprint density at radius 2 is 1.45 bits per heavy atom. The van der Waals surface area contributed by atoms with Gasteiger partial charge in [0.25, 0.3) is 0 Å². The zero-order chi connectivity index (χ0) is 32.2. The van der Waals surface area contributed by atoms with Gasteiger partial charge in [0.05, 0.1) is 12.1 Å². The molecule has 1 unspecified atom stereocenters. The maximum absolute atomic E-state index is 14.1. The lowest BCUT2D eigenvalue weighted by atomic mass is 9.84. The topological polar surface area (TPSA) is 103 Å². The van der Waals surface area contributed by atoms with Gasteiger partial charge in [0.2, 0.25) is 17.7 Å². The van der Waals surface area contributed by atoms with E-state index in [1.165, 1.54) is 0 Å². The molecule has 4 aliphatic rings. The number of likely N-dealkylation sites (N-methyl/N-ethyl adjacent to an activating group) is 2.